The summed E-state index contributed by atoms with van der Waals surface area (Å²) in [5, 5.41) is 6.05. The van der Waals surface area contributed by atoms with E-state index in [0.29, 0.717) is 11.9 Å². The first-order valence-corrected chi connectivity index (χ1v) is 12.5. The van der Waals surface area contributed by atoms with Crippen LogP contribution in [-0.4, -0.2) is 34.8 Å². The number of carbonyl (C=O) groups is 2. The van der Waals surface area contributed by atoms with Crippen molar-refractivity contribution in [1.82, 2.24) is 10.3 Å². The highest BCUT2D eigenvalue weighted by Gasteiger charge is 2.47. The predicted molar refractivity (Wildman–Crippen MR) is 148 cm³/mol. The molecular weight excluding hydrogens is 545 g/mol. The zero-order valence-electron chi connectivity index (χ0n) is 21.3. The number of nitrogens with two attached hydrogens (primary N) is 2. The quantitative estimate of drug-likeness (QED) is 0.151. The molecule has 4 rings (SSSR count). The van der Waals surface area contributed by atoms with E-state index in [1.807, 2.05) is 0 Å². The van der Waals surface area contributed by atoms with Crippen molar-refractivity contribution in [3.05, 3.63) is 100 Å². The number of guanidine groups is 1. The van der Waals surface area contributed by atoms with E-state index in [0.717, 1.165) is 35.2 Å². The minimum absolute atomic E-state index is 0.102. The van der Waals surface area contributed by atoms with Gasteiger partial charge in [-0.3, -0.25) is 9.59 Å². The van der Waals surface area contributed by atoms with Gasteiger partial charge in [0.1, 0.15) is 17.5 Å². The van der Waals surface area contributed by atoms with E-state index in [9.17, 15) is 22.8 Å². The van der Waals surface area contributed by atoms with Crippen LogP contribution < -0.4 is 22.1 Å². The summed E-state index contributed by atoms with van der Waals surface area (Å²) < 4.78 is 40.9. The zero-order chi connectivity index (χ0) is 29.0. The van der Waals surface area contributed by atoms with E-state index < -0.39 is 40.9 Å². The van der Waals surface area contributed by atoms with Gasteiger partial charge in [-0.05, 0) is 79.1 Å². The van der Waals surface area contributed by atoms with Crippen molar-refractivity contribution >= 4 is 46.0 Å². The number of fused-ring (bicyclic) bond motifs is 1. The summed E-state index contributed by atoms with van der Waals surface area (Å²) in [6, 6.07) is 12.7. The number of nitrogens with one attached hydrogen (secondary N) is 3. The highest BCUT2D eigenvalue weighted by molar-refractivity contribution is 6.31. The number of benzene rings is 3. The van der Waals surface area contributed by atoms with Gasteiger partial charge in [0.2, 0.25) is 5.91 Å². The number of rotatable bonds is 9. The van der Waals surface area contributed by atoms with Gasteiger partial charge in [-0.2, -0.15) is 0 Å². The molecule has 0 aliphatic heterocycles. The van der Waals surface area contributed by atoms with E-state index in [1.165, 1.54) is 37.3 Å². The van der Waals surface area contributed by atoms with E-state index in [4.69, 9.17) is 23.1 Å². The smallest absolute Gasteiger partial charge is 0.253 e. The topological polar surface area (TPSA) is 138 Å². The van der Waals surface area contributed by atoms with Crippen LogP contribution in [-0.2, 0) is 16.0 Å². The summed E-state index contributed by atoms with van der Waals surface area (Å²) in [5.41, 5.74) is 11.1. The molecule has 12 heteroatoms. The van der Waals surface area contributed by atoms with Crippen molar-refractivity contribution in [2.45, 2.75) is 24.8 Å². The second-order valence-electron chi connectivity index (χ2n) is 9.29. The van der Waals surface area contributed by atoms with Gasteiger partial charge in [0.25, 0.3) is 5.91 Å². The van der Waals surface area contributed by atoms with Crippen molar-refractivity contribution in [2.75, 3.05) is 11.9 Å². The van der Waals surface area contributed by atoms with Crippen LogP contribution in [0.25, 0.3) is 10.9 Å². The van der Waals surface area contributed by atoms with Crippen LogP contribution in [0.3, 0.4) is 0 Å². The molecule has 0 aliphatic carbocycles. The molecule has 0 saturated heterocycles. The standard InChI is InChI=1S/C28H26ClF3N6O2/c1-28(38-27(33)34,26(40)37-19-6-2-16(30)3-7-19)24(21-9-5-17(31)12-22(21)29)25(39)35-11-10-15-14-36-23-13-18(32)4-8-20(15)23/h2-9,12-14,24,36H,10-11H2,1H3,(H,35,39)(H,37,40)(H4,33,34,38). The lowest BCUT2D eigenvalue weighted by atomic mass is 9.79. The summed E-state index contributed by atoms with van der Waals surface area (Å²) in [7, 11) is 0. The van der Waals surface area contributed by atoms with Crippen LogP contribution in [0.2, 0.25) is 5.02 Å². The Morgan fingerprint density at radius 2 is 1.65 bits per heavy atom. The number of carbonyl (C=O) groups excluding carboxylic acids is 2. The Kier molecular flexibility index (Phi) is 8.34. The fourth-order valence-corrected chi connectivity index (χ4v) is 4.80. The Labute approximate surface area is 232 Å². The molecule has 0 bridgehead atoms. The molecule has 40 heavy (non-hydrogen) atoms. The molecule has 0 radical (unpaired) electrons. The van der Waals surface area contributed by atoms with Crippen LogP contribution in [0.4, 0.5) is 18.9 Å². The highest BCUT2D eigenvalue weighted by Crippen LogP contribution is 2.37. The van der Waals surface area contributed by atoms with Crippen molar-refractivity contribution in [3.8, 4) is 0 Å². The van der Waals surface area contributed by atoms with Crippen LogP contribution in [0.15, 0.2) is 71.9 Å². The molecule has 7 N–H and O–H groups in total. The van der Waals surface area contributed by atoms with E-state index >= 15 is 0 Å². The monoisotopic (exact) mass is 570 g/mol. The summed E-state index contributed by atoms with van der Waals surface area (Å²) in [6.07, 6.45) is 2.08. The van der Waals surface area contributed by atoms with Crippen LogP contribution in [0.1, 0.15) is 24.0 Å². The Morgan fingerprint density at radius 3 is 2.33 bits per heavy atom. The molecule has 2 atom stereocenters. The number of anilines is 1. The number of aliphatic imine (C=N–C) groups is 1. The van der Waals surface area contributed by atoms with E-state index in [-0.39, 0.29) is 28.6 Å². The predicted octanol–water partition coefficient (Wildman–Crippen LogP) is 4.35. The second-order valence-corrected chi connectivity index (χ2v) is 9.70. The number of amides is 2. The van der Waals surface area contributed by atoms with Crippen molar-refractivity contribution in [1.29, 1.82) is 0 Å². The SMILES string of the molecule is CC(N=C(N)N)(C(=O)Nc1ccc(F)cc1)C(C(=O)NCCc1c[nH]c2cc(F)ccc12)c1ccc(F)cc1Cl. The van der Waals surface area contributed by atoms with E-state index in [2.05, 4.69) is 20.6 Å². The van der Waals surface area contributed by atoms with Gasteiger partial charge in [0.05, 0.1) is 5.92 Å². The van der Waals surface area contributed by atoms with E-state index in [1.54, 1.807) is 12.3 Å². The molecule has 1 aromatic heterocycles. The zero-order valence-corrected chi connectivity index (χ0v) is 22.0. The first-order chi connectivity index (χ1) is 19.0. The van der Waals surface area contributed by atoms with Crippen molar-refractivity contribution in [3.63, 3.8) is 0 Å². The lowest BCUT2D eigenvalue weighted by molar-refractivity contribution is -0.129. The molecule has 208 valence electrons. The molecule has 0 aliphatic rings. The van der Waals surface area contributed by atoms with Gasteiger partial charge in [0, 0.05) is 34.4 Å². The second kappa shape index (κ2) is 11.7. The first-order valence-electron chi connectivity index (χ1n) is 12.1. The third kappa shape index (κ3) is 6.20. The molecule has 1 heterocycles. The number of aromatic nitrogens is 1. The Bertz CT molecular complexity index is 1590. The highest BCUT2D eigenvalue weighted by atomic mass is 35.5. The van der Waals surface area contributed by atoms with Crippen LogP contribution >= 0.6 is 11.6 Å². The third-order valence-corrected chi connectivity index (χ3v) is 6.77. The first kappa shape index (κ1) is 28.5. The molecule has 8 nitrogen and oxygen atoms in total. The van der Waals surface area contributed by atoms with Crippen molar-refractivity contribution < 1.29 is 22.8 Å². The third-order valence-electron chi connectivity index (χ3n) is 6.44. The fourth-order valence-electron chi connectivity index (χ4n) is 4.53. The summed E-state index contributed by atoms with van der Waals surface area (Å²) in [4.78, 5) is 34.5. The van der Waals surface area contributed by atoms with Gasteiger partial charge in [-0.15, -0.1) is 0 Å². The molecule has 2 unspecified atom stereocenters. The number of hydrogen-bond acceptors (Lipinski definition) is 3. The average Bonchev–Trinajstić information content (AvgIpc) is 3.28. The molecule has 2 amide bonds. The van der Waals surface area contributed by atoms with Gasteiger partial charge < -0.3 is 27.1 Å². The number of hydrogen-bond donors (Lipinski definition) is 5. The number of halogens is 4. The lowest BCUT2D eigenvalue weighted by Gasteiger charge is -2.33. The molecular formula is C28H26ClF3N6O2. The van der Waals surface area contributed by atoms with Gasteiger partial charge in [-0.1, -0.05) is 17.7 Å². The minimum Gasteiger partial charge on any atom is -0.370 e. The van der Waals surface area contributed by atoms with Gasteiger partial charge >= 0.3 is 0 Å². The summed E-state index contributed by atoms with van der Waals surface area (Å²) in [6.45, 7) is 1.46. The van der Waals surface area contributed by atoms with Gasteiger partial charge in [-0.25, -0.2) is 18.2 Å². The minimum atomic E-state index is -1.98. The fraction of sp³-hybridized carbons (Fsp3) is 0.179. The van der Waals surface area contributed by atoms with Crippen LogP contribution in [0.5, 0.6) is 0 Å². The normalized spacial score (nSPS) is 13.3. The van der Waals surface area contributed by atoms with Crippen LogP contribution in [0, 0.1) is 17.5 Å². The molecule has 0 saturated carbocycles. The Morgan fingerprint density at radius 1 is 1.00 bits per heavy atom. The summed E-state index contributed by atoms with van der Waals surface area (Å²) >= 11 is 6.35. The average molecular weight is 571 g/mol. The molecule has 0 fully saturated rings. The van der Waals surface area contributed by atoms with Gasteiger partial charge in [0.15, 0.2) is 11.5 Å². The Hall–Kier alpha value is -4.51. The maximum absolute atomic E-state index is 13.9. The largest absolute Gasteiger partial charge is 0.370 e. The molecule has 4 aromatic rings. The maximum atomic E-state index is 13.9. The molecule has 3 aromatic carbocycles. The number of aromatic amines is 1. The number of H-pyrrole nitrogens is 1. The number of nitrogens with zero attached hydrogens (tertiary/aromatic N) is 1. The van der Waals surface area contributed by atoms with Crippen molar-refractivity contribution in [2.24, 2.45) is 16.5 Å². The molecule has 0 spiro atoms. The Balaban J connectivity index is 1.67. The summed E-state index contributed by atoms with van der Waals surface area (Å²) in [5.74, 6) is -4.92. The maximum Gasteiger partial charge on any atom is 0.253 e. The lowest BCUT2D eigenvalue weighted by Crippen LogP contribution is -2.51.